The topological polar surface area (TPSA) is 54.9 Å². The summed E-state index contributed by atoms with van der Waals surface area (Å²) in [5.41, 5.74) is 1.25. The summed E-state index contributed by atoms with van der Waals surface area (Å²) in [6.07, 6.45) is 3.49. The van der Waals surface area contributed by atoms with Crippen molar-refractivity contribution in [2.75, 3.05) is 33.4 Å². The number of ether oxygens (including phenoxy) is 2. The van der Waals surface area contributed by atoms with Gasteiger partial charge in [0.05, 0.1) is 19.8 Å². The smallest absolute Gasteiger partial charge is 0.191 e. The monoisotopic (exact) mass is 305 g/mol. The Hall–Kier alpha value is -1.75. The first kappa shape index (κ1) is 16.6. The molecule has 0 spiro atoms. The summed E-state index contributed by atoms with van der Waals surface area (Å²) in [4.78, 5) is 4.61. The molecular weight excluding hydrogens is 278 g/mol. The summed E-state index contributed by atoms with van der Waals surface area (Å²) in [5.74, 6) is 1.76. The molecule has 0 aliphatic carbocycles. The minimum Gasteiger partial charge on any atom is -0.497 e. The van der Waals surface area contributed by atoms with Crippen molar-refractivity contribution in [2.24, 2.45) is 4.99 Å². The van der Waals surface area contributed by atoms with Gasteiger partial charge in [-0.3, -0.25) is 4.99 Å². The molecule has 0 amide bonds. The normalized spacial score (nSPS) is 18.3. The highest BCUT2D eigenvalue weighted by Crippen LogP contribution is 2.13. The average molecular weight is 305 g/mol. The van der Waals surface area contributed by atoms with E-state index in [1.807, 2.05) is 12.1 Å². The van der Waals surface area contributed by atoms with Gasteiger partial charge < -0.3 is 20.1 Å². The van der Waals surface area contributed by atoms with E-state index in [0.717, 1.165) is 57.2 Å². The van der Waals surface area contributed by atoms with Crippen LogP contribution in [0, 0.1) is 0 Å². The van der Waals surface area contributed by atoms with Gasteiger partial charge in [0.1, 0.15) is 5.75 Å². The van der Waals surface area contributed by atoms with Crippen LogP contribution in [0.1, 0.15) is 25.3 Å². The first-order chi connectivity index (χ1) is 10.8. The zero-order valence-electron chi connectivity index (χ0n) is 13.6. The van der Waals surface area contributed by atoms with Crippen LogP contribution in [-0.4, -0.2) is 45.4 Å². The molecule has 122 valence electrons. The zero-order chi connectivity index (χ0) is 15.6. The molecule has 0 aromatic heterocycles. The van der Waals surface area contributed by atoms with E-state index in [0.29, 0.717) is 0 Å². The molecule has 5 nitrogen and oxygen atoms in total. The number of nitrogens with one attached hydrogen (secondary N) is 2. The molecule has 1 aromatic carbocycles. The van der Waals surface area contributed by atoms with E-state index in [9.17, 15) is 0 Å². The lowest BCUT2D eigenvalue weighted by atomic mass is 10.1. The van der Waals surface area contributed by atoms with E-state index in [-0.39, 0.29) is 6.10 Å². The summed E-state index contributed by atoms with van der Waals surface area (Å²) in [6.45, 7) is 5.38. The van der Waals surface area contributed by atoms with E-state index in [4.69, 9.17) is 9.47 Å². The summed E-state index contributed by atoms with van der Waals surface area (Å²) in [6, 6.07) is 8.16. The number of hydrogen-bond donors (Lipinski definition) is 2. The van der Waals surface area contributed by atoms with Gasteiger partial charge in [-0.2, -0.15) is 0 Å². The fraction of sp³-hybridized carbons (Fsp3) is 0.588. The molecule has 2 rings (SSSR count). The Kier molecular flexibility index (Phi) is 7.03. The highest BCUT2D eigenvalue weighted by Gasteiger charge is 2.14. The number of methoxy groups -OCH3 is 1. The standard InChI is InChI=1S/C17H27N3O2/c1-3-18-17(20-13-16-8-5-11-22-16)19-10-9-14-6-4-7-15(12-14)21-2/h4,6-7,12,16H,3,5,8-11,13H2,1-2H3,(H2,18,19,20). The van der Waals surface area contributed by atoms with Crippen LogP contribution in [0.3, 0.4) is 0 Å². The number of guanidine groups is 1. The molecule has 1 aromatic rings. The molecule has 0 radical (unpaired) electrons. The molecule has 22 heavy (non-hydrogen) atoms. The van der Waals surface area contributed by atoms with Gasteiger partial charge in [0.25, 0.3) is 0 Å². The van der Waals surface area contributed by atoms with Crippen LogP contribution >= 0.6 is 0 Å². The zero-order valence-corrected chi connectivity index (χ0v) is 13.6. The van der Waals surface area contributed by atoms with Crippen molar-refractivity contribution in [3.63, 3.8) is 0 Å². The van der Waals surface area contributed by atoms with E-state index < -0.39 is 0 Å². The summed E-state index contributed by atoms with van der Waals surface area (Å²) < 4.78 is 10.9. The summed E-state index contributed by atoms with van der Waals surface area (Å²) >= 11 is 0. The van der Waals surface area contributed by atoms with Gasteiger partial charge in [-0.25, -0.2) is 0 Å². The number of nitrogens with zero attached hydrogens (tertiary/aromatic N) is 1. The Labute approximate surface area is 133 Å². The molecule has 5 heteroatoms. The number of rotatable bonds is 7. The molecule has 2 N–H and O–H groups in total. The number of hydrogen-bond acceptors (Lipinski definition) is 3. The van der Waals surface area contributed by atoms with E-state index >= 15 is 0 Å². The van der Waals surface area contributed by atoms with E-state index in [2.05, 4.69) is 34.7 Å². The summed E-state index contributed by atoms with van der Waals surface area (Å²) in [5, 5.41) is 6.65. The highest BCUT2D eigenvalue weighted by atomic mass is 16.5. The van der Waals surface area contributed by atoms with Crippen molar-refractivity contribution in [2.45, 2.75) is 32.3 Å². The van der Waals surface area contributed by atoms with Gasteiger partial charge in [0.2, 0.25) is 0 Å². The van der Waals surface area contributed by atoms with Gasteiger partial charge in [0.15, 0.2) is 5.96 Å². The van der Waals surface area contributed by atoms with Crippen molar-refractivity contribution in [1.82, 2.24) is 10.6 Å². The minimum absolute atomic E-state index is 0.286. The molecule has 1 saturated heterocycles. The Bertz CT molecular complexity index is 471. The lowest BCUT2D eigenvalue weighted by Gasteiger charge is -2.13. The predicted octanol–water partition coefficient (Wildman–Crippen LogP) is 1.97. The van der Waals surface area contributed by atoms with Crippen LogP contribution in [0.15, 0.2) is 29.3 Å². The van der Waals surface area contributed by atoms with Gasteiger partial charge >= 0.3 is 0 Å². The quantitative estimate of drug-likeness (QED) is 0.597. The molecule has 0 bridgehead atoms. The third-order valence-corrected chi connectivity index (χ3v) is 3.66. The first-order valence-electron chi connectivity index (χ1n) is 8.08. The lowest BCUT2D eigenvalue weighted by molar-refractivity contribution is 0.117. The van der Waals surface area contributed by atoms with Crippen molar-refractivity contribution in [1.29, 1.82) is 0 Å². The Balaban J connectivity index is 1.78. The predicted molar refractivity (Wildman–Crippen MR) is 89.7 cm³/mol. The molecular formula is C17H27N3O2. The third kappa shape index (κ3) is 5.56. The van der Waals surface area contributed by atoms with Crippen molar-refractivity contribution >= 4 is 5.96 Å². The van der Waals surface area contributed by atoms with Crippen LogP contribution in [-0.2, 0) is 11.2 Å². The van der Waals surface area contributed by atoms with Crippen molar-refractivity contribution in [3.05, 3.63) is 29.8 Å². The van der Waals surface area contributed by atoms with Crippen LogP contribution in [0.25, 0.3) is 0 Å². The number of aliphatic imine (C=N–C) groups is 1. The van der Waals surface area contributed by atoms with Crippen LogP contribution in [0.5, 0.6) is 5.75 Å². The first-order valence-corrected chi connectivity index (χ1v) is 8.08. The maximum absolute atomic E-state index is 5.60. The lowest BCUT2D eigenvalue weighted by Crippen LogP contribution is -2.38. The Morgan fingerprint density at radius 3 is 3.05 bits per heavy atom. The molecule has 1 atom stereocenters. The van der Waals surface area contributed by atoms with E-state index in [1.54, 1.807) is 7.11 Å². The molecule has 1 unspecified atom stereocenters. The average Bonchev–Trinajstić information content (AvgIpc) is 3.06. The van der Waals surface area contributed by atoms with Gasteiger partial charge in [-0.05, 0) is 43.9 Å². The fourth-order valence-electron chi connectivity index (χ4n) is 2.48. The molecule has 1 fully saturated rings. The minimum atomic E-state index is 0.286. The highest BCUT2D eigenvalue weighted by molar-refractivity contribution is 5.79. The van der Waals surface area contributed by atoms with Gasteiger partial charge in [-0.15, -0.1) is 0 Å². The maximum atomic E-state index is 5.60. The van der Waals surface area contributed by atoms with Gasteiger partial charge in [0, 0.05) is 19.7 Å². The fourth-order valence-corrected chi connectivity index (χ4v) is 2.48. The van der Waals surface area contributed by atoms with E-state index in [1.165, 1.54) is 5.56 Å². The largest absolute Gasteiger partial charge is 0.497 e. The van der Waals surface area contributed by atoms with Crippen LogP contribution in [0.4, 0.5) is 0 Å². The second-order valence-electron chi connectivity index (χ2n) is 5.38. The second-order valence-corrected chi connectivity index (χ2v) is 5.38. The third-order valence-electron chi connectivity index (χ3n) is 3.66. The maximum Gasteiger partial charge on any atom is 0.191 e. The SMILES string of the molecule is CCNC(=NCC1CCCO1)NCCc1cccc(OC)c1. The molecule has 1 aliphatic heterocycles. The number of benzene rings is 1. The summed E-state index contributed by atoms with van der Waals surface area (Å²) in [7, 11) is 1.69. The Morgan fingerprint density at radius 1 is 1.41 bits per heavy atom. The van der Waals surface area contributed by atoms with Crippen molar-refractivity contribution in [3.8, 4) is 5.75 Å². The van der Waals surface area contributed by atoms with Crippen LogP contribution < -0.4 is 15.4 Å². The van der Waals surface area contributed by atoms with Gasteiger partial charge in [-0.1, -0.05) is 12.1 Å². The molecule has 1 aliphatic rings. The Morgan fingerprint density at radius 2 is 2.32 bits per heavy atom. The van der Waals surface area contributed by atoms with Crippen LogP contribution in [0.2, 0.25) is 0 Å². The molecule has 1 heterocycles. The second kappa shape index (κ2) is 9.30. The van der Waals surface area contributed by atoms with Crippen molar-refractivity contribution < 1.29 is 9.47 Å². The molecule has 0 saturated carbocycles.